The summed E-state index contributed by atoms with van der Waals surface area (Å²) in [5.41, 5.74) is 1.17. The van der Waals surface area contributed by atoms with Gasteiger partial charge in [0.05, 0.1) is 24.0 Å². The minimum atomic E-state index is -1.22. The Morgan fingerprint density at radius 2 is 1.74 bits per heavy atom. The van der Waals surface area contributed by atoms with Crippen LogP contribution in [0.4, 0.5) is 11.4 Å². The van der Waals surface area contributed by atoms with E-state index in [2.05, 4.69) is 13.2 Å². The van der Waals surface area contributed by atoms with E-state index in [1.165, 1.54) is 4.90 Å². The fourth-order valence-corrected chi connectivity index (χ4v) is 7.56. The number of para-hydroxylation sites is 1. The highest BCUT2D eigenvalue weighted by Crippen LogP contribution is 2.65. The molecule has 6 atom stereocenters. The summed E-state index contributed by atoms with van der Waals surface area (Å²) >= 11 is 0. The molecule has 8 heteroatoms. The van der Waals surface area contributed by atoms with Crippen LogP contribution in [0.1, 0.15) is 31.4 Å². The molecule has 3 fully saturated rings. The summed E-state index contributed by atoms with van der Waals surface area (Å²) in [7, 11) is 0. The minimum absolute atomic E-state index is 0.0351. The summed E-state index contributed by atoms with van der Waals surface area (Å²) in [4.78, 5) is 48.3. The smallest absolute Gasteiger partial charge is 0.253 e. The number of amides is 3. The molecule has 8 nitrogen and oxygen atoms in total. The number of fused-ring (bicyclic) bond motifs is 1. The van der Waals surface area contributed by atoms with Gasteiger partial charge in [-0.3, -0.25) is 14.4 Å². The number of aliphatic hydroxyl groups excluding tert-OH is 1. The third-order valence-electron chi connectivity index (χ3n) is 9.53. The van der Waals surface area contributed by atoms with Gasteiger partial charge in [0.1, 0.15) is 11.6 Å². The number of nitrogens with zero attached hydrogens (tertiary/aromatic N) is 3. The molecule has 2 aromatic rings. The van der Waals surface area contributed by atoms with Gasteiger partial charge < -0.3 is 24.5 Å². The standard InChI is InChI=1S/C34H41N3O5/c1-7-16-35(25-12-10-9-11-13-25)30(39)27-28-31(40)37(18-19-38)29(34(28)21-24(5)33(27,6)42-34)32(41)36(17-8-2)26-20-22(3)14-15-23(26)4/h7-15,20,24,27-29,38H,1-2,16-19,21H2,3-6H3/t24?,27-,28+,29?,33+,34?/m1/s1. The maximum absolute atomic E-state index is 14.7. The third-order valence-corrected chi connectivity index (χ3v) is 9.53. The molecule has 1 N–H and O–H groups in total. The zero-order chi connectivity index (χ0) is 30.4. The molecule has 2 aromatic carbocycles. The van der Waals surface area contributed by atoms with Crippen LogP contribution < -0.4 is 9.80 Å². The molecule has 1 spiro atoms. The van der Waals surface area contributed by atoms with E-state index in [1.54, 1.807) is 22.0 Å². The van der Waals surface area contributed by atoms with E-state index in [1.807, 2.05) is 76.2 Å². The molecule has 3 aliphatic heterocycles. The molecule has 0 aliphatic carbocycles. The van der Waals surface area contributed by atoms with Gasteiger partial charge in [-0.2, -0.15) is 0 Å². The van der Waals surface area contributed by atoms with Crippen LogP contribution in [0.5, 0.6) is 0 Å². The summed E-state index contributed by atoms with van der Waals surface area (Å²) in [6, 6.07) is 14.2. The van der Waals surface area contributed by atoms with E-state index in [0.29, 0.717) is 12.1 Å². The molecule has 0 saturated carbocycles. The first-order valence-corrected chi connectivity index (χ1v) is 14.6. The number of aryl methyl sites for hydroxylation is 2. The molecule has 3 aliphatic rings. The second-order valence-corrected chi connectivity index (χ2v) is 12.1. The highest BCUT2D eigenvalue weighted by atomic mass is 16.5. The zero-order valence-corrected chi connectivity index (χ0v) is 25.0. The van der Waals surface area contributed by atoms with Gasteiger partial charge in [-0.15, -0.1) is 13.2 Å². The second-order valence-electron chi connectivity index (χ2n) is 12.1. The molecule has 0 radical (unpaired) electrons. The largest absolute Gasteiger partial charge is 0.395 e. The van der Waals surface area contributed by atoms with E-state index in [4.69, 9.17) is 4.74 Å². The average molecular weight is 572 g/mol. The van der Waals surface area contributed by atoms with Crippen LogP contribution in [0.3, 0.4) is 0 Å². The predicted molar refractivity (Wildman–Crippen MR) is 163 cm³/mol. The first-order valence-electron chi connectivity index (χ1n) is 14.6. The SMILES string of the molecule is C=CCN(C(=O)[C@H]1[C@H]2C(=O)N(CCO)C(C(=O)N(CC=C)c3cc(C)ccc3C)C23CC(C)[C@]1(C)O3)c1ccccc1. The second kappa shape index (κ2) is 11.2. The Labute approximate surface area is 248 Å². The molecular weight excluding hydrogens is 530 g/mol. The first-order chi connectivity index (χ1) is 20.0. The molecule has 5 rings (SSSR count). The molecule has 42 heavy (non-hydrogen) atoms. The van der Waals surface area contributed by atoms with E-state index >= 15 is 0 Å². The van der Waals surface area contributed by atoms with Crippen molar-refractivity contribution in [3.8, 4) is 0 Å². The fraction of sp³-hybridized carbons (Fsp3) is 0.441. The number of likely N-dealkylation sites (tertiary alicyclic amines) is 1. The Morgan fingerprint density at radius 1 is 1.07 bits per heavy atom. The van der Waals surface area contributed by atoms with Gasteiger partial charge in [-0.05, 0) is 62.4 Å². The Morgan fingerprint density at radius 3 is 2.38 bits per heavy atom. The van der Waals surface area contributed by atoms with Gasteiger partial charge in [0.25, 0.3) is 5.91 Å². The number of hydrogen-bond acceptors (Lipinski definition) is 5. The predicted octanol–water partition coefficient (Wildman–Crippen LogP) is 4.04. The molecule has 222 valence electrons. The fourth-order valence-electron chi connectivity index (χ4n) is 7.56. The van der Waals surface area contributed by atoms with Crippen molar-refractivity contribution < 1.29 is 24.2 Å². The number of aliphatic hydroxyl groups is 1. The summed E-state index contributed by atoms with van der Waals surface area (Å²) in [5.74, 6) is -2.65. The van der Waals surface area contributed by atoms with Crippen LogP contribution in [-0.4, -0.2) is 71.2 Å². The van der Waals surface area contributed by atoms with Crippen molar-refractivity contribution >= 4 is 29.1 Å². The highest BCUT2D eigenvalue weighted by molar-refractivity contribution is 6.07. The lowest BCUT2D eigenvalue weighted by molar-refractivity contribution is -0.146. The van der Waals surface area contributed by atoms with Crippen molar-refractivity contribution in [3.05, 3.63) is 85.0 Å². The summed E-state index contributed by atoms with van der Waals surface area (Å²) in [6.07, 6.45) is 3.78. The molecule has 2 bridgehead atoms. The molecule has 3 unspecified atom stereocenters. The van der Waals surface area contributed by atoms with E-state index in [9.17, 15) is 19.5 Å². The van der Waals surface area contributed by atoms with Crippen molar-refractivity contribution in [1.82, 2.24) is 4.90 Å². The van der Waals surface area contributed by atoms with Crippen molar-refractivity contribution in [3.63, 3.8) is 0 Å². The van der Waals surface area contributed by atoms with Crippen molar-refractivity contribution in [1.29, 1.82) is 0 Å². The molecule has 3 heterocycles. The molecule has 0 aromatic heterocycles. The number of β-amino-alcohol motifs (C(OH)–C–C–N with tert-alkyl or cyclic N) is 1. The number of hydrogen-bond donors (Lipinski definition) is 1. The van der Waals surface area contributed by atoms with Crippen molar-refractivity contribution in [2.45, 2.75) is 51.4 Å². The van der Waals surface area contributed by atoms with Crippen LogP contribution in [0.2, 0.25) is 0 Å². The highest BCUT2D eigenvalue weighted by Gasteiger charge is 2.80. The quantitative estimate of drug-likeness (QED) is 0.435. The Balaban J connectivity index is 1.63. The summed E-state index contributed by atoms with van der Waals surface area (Å²) in [6.45, 7) is 15.7. The third kappa shape index (κ3) is 4.39. The topological polar surface area (TPSA) is 90.4 Å². The van der Waals surface area contributed by atoms with Crippen molar-refractivity contribution in [2.24, 2.45) is 17.8 Å². The monoisotopic (exact) mass is 571 g/mol. The number of rotatable bonds is 10. The lowest BCUT2D eigenvalue weighted by Gasteiger charge is -2.39. The normalized spacial score (nSPS) is 29.4. The van der Waals surface area contributed by atoms with Gasteiger partial charge >= 0.3 is 0 Å². The van der Waals surface area contributed by atoms with Crippen LogP contribution in [0.15, 0.2) is 73.8 Å². The lowest BCUT2D eigenvalue weighted by atomic mass is 9.62. The van der Waals surface area contributed by atoms with Gasteiger partial charge in [0, 0.05) is 31.0 Å². The van der Waals surface area contributed by atoms with Crippen LogP contribution in [-0.2, 0) is 19.1 Å². The van der Waals surface area contributed by atoms with E-state index in [0.717, 1.165) is 16.8 Å². The van der Waals surface area contributed by atoms with Crippen LogP contribution >= 0.6 is 0 Å². The zero-order valence-electron chi connectivity index (χ0n) is 25.0. The summed E-state index contributed by atoms with van der Waals surface area (Å²) in [5, 5.41) is 10.0. The lowest BCUT2D eigenvalue weighted by Crippen LogP contribution is -2.57. The van der Waals surface area contributed by atoms with Gasteiger partial charge in [0.15, 0.2) is 0 Å². The maximum atomic E-state index is 14.7. The molecular formula is C34H41N3O5. The minimum Gasteiger partial charge on any atom is -0.395 e. The Hall–Kier alpha value is -3.75. The number of ether oxygens (including phenoxy) is 1. The van der Waals surface area contributed by atoms with Crippen molar-refractivity contribution in [2.75, 3.05) is 36.0 Å². The number of benzene rings is 2. The van der Waals surface area contributed by atoms with Gasteiger partial charge in [0.2, 0.25) is 11.8 Å². The van der Waals surface area contributed by atoms with E-state index < -0.39 is 29.1 Å². The Kier molecular flexibility index (Phi) is 7.89. The van der Waals surface area contributed by atoms with Crippen LogP contribution in [0.25, 0.3) is 0 Å². The summed E-state index contributed by atoms with van der Waals surface area (Å²) < 4.78 is 6.89. The number of carbonyl (C=O) groups is 3. The van der Waals surface area contributed by atoms with E-state index in [-0.39, 0.29) is 49.9 Å². The maximum Gasteiger partial charge on any atom is 0.253 e. The molecule has 3 saturated heterocycles. The Bertz CT molecular complexity index is 1410. The van der Waals surface area contributed by atoms with Gasteiger partial charge in [-0.1, -0.05) is 49.4 Å². The first kappa shape index (κ1) is 29.7. The number of anilines is 2. The molecule has 3 amide bonds. The van der Waals surface area contributed by atoms with Crippen LogP contribution in [0, 0.1) is 31.6 Å². The average Bonchev–Trinajstić information content (AvgIpc) is 3.48. The number of carbonyl (C=O) groups excluding carboxylic acids is 3. The van der Waals surface area contributed by atoms with Gasteiger partial charge in [-0.25, -0.2) is 0 Å².